The fraction of sp³-hybridized carbons (Fsp3) is 0.429. The second-order valence-corrected chi connectivity index (χ2v) is 6.17. The first-order valence-electron chi connectivity index (χ1n) is 6.62. The Kier molecular flexibility index (Phi) is 4.71. The molecule has 1 aliphatic rings. The van der Waals surface area contributed by atoms with Crippen molar-refractivity contribution in [2.45, 2.75) is 32.2 Å². The van der Waals surface area contributed by atoms with Crippen molar-refractivity contribution >= 4 is 52.3 Å². The minimum absolute atomic E-state index is 0.0851. The molecule has 0 saturated carbocycles. The number of hydrogen-bond donors (Lipinski definition) is 1. The molecule has 1 N–H and O–H groups in total. The van der Waals surface area contributed by atoms with Crippen LogP contribution in [-0.4, -0.2) is 23.9 Å². The predicted molar refractivity (Wildman–Crippen MR) is 85.3 cm³/mol. The fourth-order valence-corrected chi connectivity index (χ4v) is 3.12. The van der Waals surface area contributed by atoms with Gasteiger partial charge in [-0.2, -0.15) is 0 Å². The van der Waals surface area contributed by atoms with Crippen molar-refractivity contribution in [2.24, 2.45) is 0 Å². The minimum Gasteiger partial charge on any atom is -0.340 e. The SMILES string of the molecule is CCC1(CC)NC(=O)CN(c2cc(Cl)c(Cl)cc2Cl)C1=O. The van der Waals surface area contributed by atoms with Crippen LogP contribution in [0.3, 0.4) is 0 Å². The Labute approximate surface area is 138 Å². The average molecular weight is 350 g/mol. The summed E-state index contributed by atoms with van der Waals surface area (Å²) in [4.78, 5) is 26.1. The molecule has 21 heavy (non-hydrogen) atoms. The van der Waals surface area contributed by atoms with Gasteiger partial charge in [0.05, 0.1) is 20.8 Å². The van der Waals surface area contributed by atoms with Gasteiger partial charge in [0.1, 0.15) is 12.1 Å². The number of anilines is 1. The van der Waals surface area contributed by atoms with E-state index in [1.54, 1.807) is 0 Å². The van der Waals surface area contributed by atoms with Gasteiger partial charge in [-0.3, -0.25) is 14.5 Å². The van der Waals surface area contributed by atoms with Gasteiger partial charge in [-0.15, -0.1) is 0 Å². The average Bonchev–Trinajstić information content (AvgIpc) is 2.45. The van der Waals surface area contributed by atoms with E-state index in [-0.39, 0.29) is 28.4 Å². The van der Waals surface area contributed by atoms with Gasteiger partial charge in [-0.1, -0.05) is 48.7 Å². The summed E-state index contributed by atoms with van der Waals surface area (Å²) in [5, 5.41) is 3.67. The molecule has 1 saturated heterocycles. The first-order chi connectivity index (χ1) is 9.84. The highest BCUT2D eigenvalue weighted by molar-refractivity contribution is 6.44. The number of carbonyl (C=O) groups excluding carboxylic acids is 2. The Hall–Kier alpha value is -0.970. The van der Waals surface area contributed by atoms with Gasteiger partial charge in [0, 0.05) is 0 Å². The van der Waals surface area contributed by atoms with Gasteiger partial charge in [0.2, 0.25) is 5.91 Å². The number of rotatable bonds is 3. The number of halogens is 3. The van der Waals surface area contributed by atoms with E-state index in [4.69, 9.17) is 34.8 Å². The maximum absolute atomic E-state index is 12.8. The van der Waals surface area contributed by atoms with Crippen LogP contribution in [0.4, 0.5) is 5.69 Å². The van der Waals surface area contributed by atoms with Gasteiger partial charge >= 0.3 is 0 Å². The van der Waals surface area contributed by atoms with Crippen molar-refractivity contribution in [1.82, 2.24) is 5.32 Å². The molecule has 2 amide bonds. The summed E-state index contributed by atoms with van der Waals surface area (Å²) in [6.07, 6.45) is 1.01. The zero-order valence-corrected chi connectivity index (χ0v) is 13.9. The lowest BCUT2D eigenvalue weighted by atomic mass is 9.88. The van der Waals surface area contributed by atoms with E-state index in [9.17, 15) is 9.59 Å². The van der Waals surface area contributed by atoms with Crippen molar-refractivity contribution < 1.29 is 9.59 Å². The molecule has 1 aromatic rings. The molecule has 0 aliphatic carbocycles. The maximum atomic E-state index is 12.8. The van der Waals surface area contributed by atoms with Crippen LogP contribution in [0, 0.1) is 0 Å². The lowest BCUT2D eigenvalue weighted by Gasteiger charge is -2.41. The topological polar surface area (TPSA) is 49.4 Å². The number of nitrogens with zero attached hydrogens (tertiary/aromatic N) is 1. The Balaban J connectivity index is 2.50. The second kappa shape index (κ2) is 6.03. The zero-order valence-electron chi connectivity index (χ0n) is 11.7. The number of benzene rings is 1. The minimum atomic E-state index is -0.898. The molecule has 0 aromatic heterocycles. The molecular formula is C14H15Cl3N2O2. The van der Waals surface area contributed by atoms with Gasteiger partial charge in [0.25, 0.3) is 5.91 Å². The van der Waals surface area contributed by atoms with Crippen LogP contribution in [0.1, 0.15) is 26.7 Å². The molecule has 0 spiro atoms. The van der Waals surface area contributed by atoms with Gasteiger partial charge in [-0.25, -0.2) is 0 Å². The van der Waals surface area contributed by atoms with Crippen molar-refractivity contribution in [1.29, 1.82) is 0 Å². The van der Waals surface area contributed by atoms with E-state index in [0.29, 0.717) is 23.6 Å². The molecule has 2 rings (SSSR count). The first-order valence-corrected chi connectivity index (χ1v) is 7.75. The highest BCUT2D eigenvalue weighted by Gasteiger charge is 2.45. The Morgan fingerprint density at radius 2 is 1.67 bits per heavy atom. The summed E-state index contributed by atoms with van der Waals surface area (Å²) < 4.78 is 0. The van der Waals surface area contributed by atoms with Crippen molar-refractivity contribution in [3.8, 4) is 0 Å². The van der Waals surface area contributed by atoms with E-state index in [2.05, 4.69) is 5.32 Å². The standard InChI is InChI=1S/C14H15Cl3N2O2/c1-3-14(4-2)13(21)19(7-12(20)18-14)11-6-9(16)8(15)5-10(11)17/h5-6H,3-4,7H2,1-2H3,(H,18,20). The molecule has 4 nitrogen and oxygen atoms in total. The lowest BCUT2D eigenvalue weighted by molar-refractivity contribution is -0.136. The van der Waals surface area contributed by atoms with Crippen LogP contribution in [0.15, 0.2) is 12.1 Å². The molecular weight excluding hydrogens is 335 g/mol. The highest BCUT2D eigenvalue weighted by Crippen LogP contribution is 2.37. The molecule has 0 unspecified atom stereocenters. The van der Waals surface area contributed by atoms with Gasteiger partial charge < -0.3 is 5.32 Å². The van der Waals surface area contributed by atoms with Gasteiger partial charge in [0.15, 0.2) is 0 Å². The number of hydrogen-bond acceptors (Lipinski definition) is 2. The van der Waals surface area contributed by atoms with E-state index in [0.717, 1.165) is 0 Å². The van der Waals surface area contributed by atoms with Crippen molar-refractivity contribution in [3.63, 3.8) is 0 Å². The normalized spacial score (nSPS) is 17.9. The quantitative estimate of drug-likeness (QED) is 0.847. The molecule has 1 aliphatic heterocycles. The Morgan fingerprint density at radius 1 is 1.10 bits per heavy atom. The summed E-state index contributed by atoms with van der Waals surface area (Å²) in [5.41, 5.74) is -0.498. The van der Waals surface area contributed by atoms with Crippen LogP contribution in [0.25, 0.3) is 0 Å². The highest BCUT2D eigenvalue weighted by atomic mass is 35.5. The monoisotopic (exact) mass is 348 g/mol. The van der Waals surface area contributed by atoms with Crippen molar-refractivity contribution in [2.75, 3.05) is 11.4 Å². The van der Waals surface area contributed by atoms with Gasteiger partial charge in [-0.05, 0) is 25.0 Å². The molecule has 1 aromatic carbocycles. The first kappa shape index (κ1) is 16.4. The van der Waals surface area contributed by atoms with Crippen molar-refractivity contribution in [3.05, 3.63) is 27.2 Å². The lowest BCUT2D eigenvalue weighted by Crippen LogP contribution is -2.66. The van der Waals surface area contributed by atoms with Crippen LogP contribution < -0.4 is 10.2 Å². The molecule has 0 radical (unpaired) electrons. The third-order valence-corrected chi connectivity index (χ3v) is 4.85. The maximum Gasteiger partial charge on any atom is 0.253 e. The van der Waals surface area contributed by atoms with E-state index in [1.165, 1.54) is 17.0 Å². The Bertz CT molecular complexity index is 600. The smallest absolute Gasteiger partial charge is 0.253 e. The molecule has 1 fully saturated rings. The third kappa shape index (κ3) is 2.85. The van der Waals surface area contributed by atoms with Crippen LogP contribution in [0.2, 0.25) is 15.1 Å². The summed E-state index contributed by atoms with van der Waals surface area (Å²) in [5.74, 6) is -0.409. The molecule has 114 valence electrons. The van der Waals surface area contributed by atoms with E-state index in [1.807, 2.05) is 13.8 Å². The fourth-order valence-electron chi connectivity index (χ4n) is 2.48. The summed E-state index contributed by atoms with van der Waals surface area (Å²) >= 11 is 18.1. The second-order valence-electron chi connectivity index (χ2n) is 4.95. The number of nitrogens with one attached hydrogen (secondary N) is 1. The number of amides is 2. The predicted octanol–water partition coefficient (Wildman–Crippen LogP) is 3.67. The molecule has 0 bridgehead atoms. The number of piperazine rings is 1. The Morgan fingerprint density at radius 3 is 2.24 bits per heavy atom. The molecule has 1 heterocycles. The summed E-state index contributed by atoms with van der Waals surface area (Å²) in [6, 6.07) is 2.99. The largest absolute Gasteiger partial charge is 0.340 e. The zero-order chi connectivity index (χ0) is 15.8. The summed E-state index contributed by atoms with van der Waals surface area (Å²) in [6.45, 7) is 3.64. The van der Waals surface area contributed by atoms with Crippen LogP contribution in [-0.2, 0) is 9.59 Å². The summed E-state index contributed by atoms with van der Waals surface area (Å²) in [7, 11) is 0. The van der Waals surface area contributed by atoms with E-state index >= 15 is 0 Å². The molecule has 7 heteroatoms. The third-order valence-electron chi connectivity index (χ3n) is 3.82. The number of carbonyl (C=O) groups is 2. The van der Waals surface area contributed by atoms with E-state index < -0.39 is 5.54 Å². The van der Waals surface area contributed by atoms with Crippen LogP contribution in [0.5, 0.6) is 0 Å². The van der Waals surface area contributed by atoms with Crippen LogP contribution >= 0.6 is 34.8 Å². The molecule has 0 atom stereocenters.